The zero-order valence-corrected chi connectivity index (χ0v) is 13.1. The standard InChI is InChI=1S/C17H26N2O2/c1-3-21-16-12-13(2)4-6-15(16)19-17(20)7-5-14-8-10-18-11-9-14/h4,6,12,14,18H,3,5,7-11H2,1-2H3,(H,19,20). The first kappa shape index (κ1) is 15.8. The van der Waals surface area contributed by atoms with Crippen LogP contribution in [0.5, 0.6) is 5.75 Å². The number of aryl methyl sites for hydroxylation is 1. The summed E-state index contributed by atoms with van der Waals surface area (Å²) in [6.07, 6.45) is 3.93. The second-order valence-electron chi connectivity index (χ2n) is 5.71. The predicted octanol–water partition coefficient (Wildman–Crippen LogP) is 3.11. The normalized spacial score (nSPS) is 15.7. The summed E-state index contributed by atoms with van der Waals surface area (Å²) < 4.78 is 5.59. The van der Waals surface area contributed by atoms with E-state index in [0.717, 1.165) is 36.5 Å². The molecule has 0 aromatic heterocycles. The highest BCUT2D eigenvalue weighted by Crippen LogP contribution is 2.26. The average Bonchev–Trinajstić information content (AvgIpc) is 2.49. The molecule has 2 rings (SSSR count). The molecule has 116 valence electrons. The number of hydrogen-bond acceptors (Lipinski definition) is 3. The van der Waals surface area contributed by atoms with Crippen LogP contribution in [-0.4, -0.2) is 25.6 Å². The maximum absolute atomic E-state index is 12.1. The monoisotopic (exact) mass is 290 g/mol. The Labute approximate surface area is 127 Å². The summed E-state index contributed by atoms with van der Waals surface area (Å²) in [5, 5.41) is 6.33. The van der Waals surface area contributed by atoms with Crippen LogP contribution in [0.3, 0.4) is 0 Å². The maximum atomic E-state index is 12.1. The van der Waals surface area contributed by atoms with E-state index in [1.807, 2.05) is 32.0 Å². The van der Waals surface area contributed by atoms with Crippen LogP contribution >= 0.6 is 0 Å². The highest BCUT2D eigenvalue weighted by Gasteiger charge is 2.15. The van der Waals surface area contributed by atoms with Gasteiger partial charge in [0.05, 0.1) is 12.3 Å². The van der Waals surface area contributed by atoms with Crippen molar-refractivity contribution in [2.45, 2.75) is 39.5 Å². The molecule has 1 saturated heterocycles. The van der Waals surface area contributed by atoms with Crippen molar-refractivity contribution in [3.8, 4) is 5.75 Å². The van der Waals surface area contributed by atoms with Crippen LogP contribution in [0, 0.1) is 12.8 Å². The summed E-state index contributed by atoms with van der Waals surface area (Å²) in [5.41, 5.74) is 1.91. The van der Waals surface area contributed by atoms with Gasteiger partial charge in [-0.1, -0.05) is 6.07 Å². The molecule has 0 unspecified atom stereocenters. The zero-order chi connectivity index (χ0) is 15.1. The third-order valence-corrected chi connectivity index (χ3v) is 3.95. The molecule has 1 amide bonds. The van der Waals surface area contributed by atoms with Gasteiger partial charge in [0, 0.05) is 6.42 Å². The molecule has 1 heterocycles. The minimum Gasteiger partial charge on any atom is -0.492 e. The van der Waals surface area contributed by atoms with Crippen LogP contribution in [0.25, 0.3) is 0 Å². The Morgan fingerprint density at radius 1 is 1.38 bits per heavy atom. The first-order chi connectivity index (χ1) is 10.2. The van der Waals surface area contributed by atoms with Gasteiger partial charge in [-0.25, -0.2) is 0 Å². The Bertz CT molecular complexity index is 468. The number of ether oxygens (including phenoxy) is 1. The van der Waals surface area contributed by atoms with Gasteiger partial charge in [-0.2, -0.15) is 0 Å². The number of rotatable bonds is 6. The van der Waals surface area contributed by atoms with E-state index in [4.69, 9.17) is 4.74 Å². The molecule has 1 fully saturated rings. The molecule has 1 aliphatic rings. The number of anilines is 1. The number of piperidine rings is 1. The number of carbonyl (C=O) groups is 1. The van der Waals surface area contributed by atoms with Gasteiger partial charge in [0.2, 0.25) is 5.91 Å². The molecule has 0 spiro atoms. The zero-order valence-electron chi connectivity index (χ0n) is 13.1. The maximum Gasteiger partial charge on any atom is 0.224 e. The van der Waals surface area contributed by atoms with E-state index < -0.39 is 0 Å². The van der Waals surface area contributed by atoms with E-state index >= 15 is 0 Å². The number of benzene rings is 1. The summed E-state index contributed by atoms with van der Waals surface area (Å²) in [7, 11) is 0. The van der Waals surface area contributed by atoms with Crippen LogP contribution < -0.4 is 15.4 Å². The van der Waals surface area contributed by atoms with Crippen molar-refractivity contribution in [1.29, 1.82) is 0 Å². The molecule has 1 aliphatic heterocycles. The van der Waals surface area contributed by atoms with E-state index in [2.05, 4.69) is 10.6 Å². The molecular weight excluding hydrogens is 264 g/mol. The van der Waals surface area contributed by atoms with E-state index in [-0.39, 0.29) is 5.91 Å². The van der Waals surface area contributed by atoms with Crippen LogP contribution in [0.4, 0.5) is 5.69 Å². The largest absolute Gasteiger partial charge is 0.492 e. The molecule has 0 aliphatic carbocycles. The molecule has 4 nitrogen and oxygen atoms in total. The second-order valence-corrected chi connectivity index (χ2v) is 5.71. The Morgan fingerprint density at radius 2 is 2.14 bits per heavy atom. The van der Waals surface area contributed by atoms with Gasteiger partial charge in [-0.05, 0) is 69.8 Å². The second kappa shape index (κ2) is 8.03. The van der Waals surface area contributed by atoms with Gasteiger partial charge >= 0.3 is 0 Å². The van der Waals surface area contributed by atoms with Crippen molar-refractivity contribution in [1.82, 2.24) is 5.32 Å². The van der Waals surface area contributed by atoms with E-state index in [9.17, 15) is 4.79 Å². The molecule has 2 N–H and O–H groups in total. The third-order valence-electron chi connectivity index (χ3n) is 3.95. The van der Waals surface area contributed by atoms with Crippen LogP contribution in [0.1, 0.15) is 38.2 Å². The van der Waals surface area contributed by atoms with E-state index in [1.54, 1.807) is 0 Å². The minimum atomic E-state index is 0.0818. The van der Waals surface area contributed by atoms with Gasteiger partial charge in [0.1, 0.15) is 5.75 Å². The number of amides is 1. The summed E-state index contributed by atoms with van der Waals surface area (Å²) in [4.78, 5) is 12.1. The van der Waals surface area contributed by atoms with Crippen LogP contribution in [0.2, 0.25) is 0 Å². The summed E-state index contributed by atoms with van der Waals surface area (Å²) in [6.45, 7) is 6.73. The SMILES string of the molecule is CCOc1cc(C)ccc1NC(=O)CCC1CCNCC1. The fourth-order valence-corrected chi connectivity index (χ4v) is 2.73. The number of hydrogen-bond donors (Lipinski definition) is 2. The lowest BCUT2D eigenvalue weighted by Crippen LogP contribution is -2.28. The lowest BCUT2D eigenvalue weighted by Gasteiger charge is -2.22. The first-order valence-corrected chi connectivity index (χ1v) is 7.93. The van der Waals surface area contributed by atoms with Crippen molar-refractivity contribution < 1.29 is 9.53 Å². The van der Waals surface area contributed by atoms with Crippen molar-refractivity contribution in [2.24, 2.45) is 5.92 Å². The Morgan fingerprint density at radius 3 is 2.86 bits per heavy atom. The fourth-order valence-electron chi connectivity index (χ4n) is 2.73. The fraction of sp³-hybridized carbons (Fsp3) is 0.588. The molecule has 0 radical (unpaired) electrons. The van der Waals surface area contributed by atoms with Gasteiger partial charge in [-0.15, -0.1) is 0 Å². The molecule has 0 atom stereocenters. The Balaban J connectivity index is 1.86. The number of nitrogens with one attached hydrogen (secondary N) is 2. The molecule has 0 bridgehead atoms. The highest BCUT2D eigenvalue weighted by molar-refractivity contribution is 5.92. The minimum absolute atomic E-state index is 0.0818. The summed E-state index contributed by atoms with van der Waals surface area (Å²) >= 11 is 0. The lowest BCUT2D eigenvalue weighted by molar-refractivity contribution is -0.116. The van der Waals surface area contributed by atoms with Crippen LogP contribution in [0.15, 0.2) is 18.2 Å². The smallest absolute Gasteiger partial charge is 0.224 e. The van der Waals surface area contributed by atoms with Gasteiger partial charge in [0.25, 0.3) is 0 Å². The van der Waals surface area contributed by atoms with Gasteiger partial charge in [-0.3, -0.25) is 4.79 Å². The first-order valence-electron chi connectivity index (χ1n) is 7.93. The molecule has 4 heteroatoms. The molecular formula is C17H26N2O2. The lowest BCUT2D eigenvalue weighted by atomic mass is 9.93. The van der Waals surface area contributed by atoms with Gasteiger partial charge < -0.3 is 15.4 Å². The van der Waals surface area contributed by atoms with Crippen molar-refractivity contribution in [3.63, 3.8) is 0 Å². The molecule has 0 saturated carbocycles. The van der Waals surface area contributed by atoms with Crippen molar-refractivity contribution in [3.05, 3.63) is 23.8 Å². The third kappa shape index (κ3) is 5.05. The van der Waals surface area contributed by atoms with Crippen molar-refractivity contribution in [2.75, 3.05) is 25.0 Å². The van der Waals surface area contributed by atoms with Gasteiger partial charge in [0.15, 0.2) is 0 Å². The predicted molar refractivity (Wildman–Crippen MR) is 85.8 cm³/mol. The Hall–Kier alpha value is -1.55. The molecule has 21 heavy (non-hydrogen) atoms. The Kier molecular flexibility index (Phi) is 6.05. The van der Waals surface area contributed by atoms with Crippen LogP contribution in [-0.2, 0) is 4.79 Å². The summed E-state index contributed by atoms with van der Waals surface area (Å²) in [5.74, 6) is 1.52. The quantitative estimate of drug-likeness (QED) is 0.846. The topological polar surface area (TPSA) is 50.4 Å². The van der Waals surface area contributed by atoms with E-state index in [1.165, 1.54) is 12.8 Å². The molecule has 1 aromatic rings. The average molecular weight is 290 g/mol. The highest BCUT2D eigenvalue weighted by atomic mass is 16.5. The molecule has 1 aromatic carbocycles. The summed E-state index contributed by atoms with van der Waals surface area (Å²) in [6, 6.07) is 5.87. The van der Waals surface area contributed by atoms with Crippen molar-refractivity contribution >= 4 is 11.6 Å². The van der Waals surface area contributed by atoms with E-state index in [0.29, 0.717) is 18.9 Å². The number of carbonyl (C=O) groups excluding carboxylic acids is 1.